The van der Waals surface area contributed by atoms with E-state index in [1.807, 2.05) is 29.2 Å². The van der Waals surface area contributed by atoms with Crippen LogP contribution in [0.3, 0.4) is 0 Å². The molecule has 4 nitrogen and oxygen atoms in total. The third-order valence-corrected chi connectivity index (χ3v) is 5.15. The van der Waals surface area contributed by atoms with Crippen molar-refractivity contribution < 1.29 is 9.90 Å². The van der Waals surface area contributed by atoms with Crippen LogP contribution in [0.5, 0.6) is 0 Å². The summed E-state index contributed by atoms with van der Waals surface area (Å²) in [4.78, 5) is 16.7. The van der Waals surface area contributed by atoms with Gasteiger partial charge in [0.1, 0.15) is 0 Å². The summed E-state index contributed by atoms with van der Waals surface area (Å²) < 4.78 is 0. The number of carbonyl (C=O) groups excluding carboxylic acids is 1. The maximum Gasteiger partial charge on any atom is 0.227 e. The van der Waals surface area contributed by atoms with E-state index in [0.29, 0.717) is 24.5 Å². The molecule has 126 valence electrons. The summed E-state index contributed by atoms with van der Waals surface area (Å²) in [6.45, 7) is 4.03. The molecule has 2 saturated heterocycles. The summed E-state index contributed by atoms with van der Waals surface area (Å²) in [5.41, 5.74) is 0.214. The third kappa shape index (κ3) is 4.46. The lowest BCUT2D eigenvalue weighted by Crippen LogP contribution is -2.55. The average molecular weight is 337 g/mol. The van der Waals surface area contributed by atoms with Crippen molar-refractivity contribution in [1.82, 2.24) is 9.80 Å². The van der Waals surface area contributed by atoms with Crippen molar-refractivity contribution in [3.8, 4) is 0 Å². The van der Waals surface area contributed by atoms with Crippen LogP contribution in [0.2, 0.25) is 5.02 Å². The normalized spacial score (nSPS) is 25.7. The number of carbonyl (C=O) groups is 1. The van der Waals surface area contributed by atoms with Crippen molar-refractivity contribution >= 4 is 17.5 Å². The second-order valence-corrected chi connectivity index (χ2v) is 7.37. The highest BCUT2D eigenvalue weighted by Gasteiger charge is 2.37. The smallest absolute Gasteiger partial charge is 0.227 e. The van der Waals surface area contributed by atoms with E-state index in [4.69, 9.17) is 11.6 Å². The molecule has 2 fully saturated rings. The first kappa shape index (κ1) is 16.7. The third-order valence-electron chi connectivity index (χ3n) is 4.89. The summed E-state index contributed by atoms with van der Waals surface area (Å²) in [5.74, 6) is 0.0897. The maximum absolute atomic E-state index is 12.5. The van der Waals surface area contributed by atoms with Gasteiger partial charge in [0.15, 0.2) is 0 Å². The number of hydrogen-bond donors (Lipinski definition) is 1. The Morgan fingerprint density at radius 2 is 1.83 bits per heavy atom. The van der Waals surface area contributed by atoms with Gasteiger partial charge >= 0.3 is 0 Å². The summed E-state index contributed by atoms with van der Waals surface area (Å²) in [6.07, 6.45) is 4.46. The Morgan fingerprint density at radius 1 is 1.13 bits per heavy atom. The monoisotopic (exact) mass is 336 g/mol. The van der Waals surface area contributed by atoms with E-state index in [-0.39, 0.29) is 5.91 Å². The van der Waals surface area contributed by atoms with Crippen LogP contribution in [0.25, 0.3) is 0 Å². The molecule has 23 heavy (non-hydrogen) atoms. The molecule has 0 aromatic heterocycles. The van der Waals surface area contributed by atoms with Crippen molar-refractivity contribution in [3.63, 3.8) is 0 Å². The van der Waals surface area contributed by atoms with Crippen molar-refractivity contribution in [2.24, 2.45) is 0 Å². The standard InChI is InChI=1S/C18H25ClN2O2/c19-16-6-4-15(5-7-16)12-17(22)21-11-3-8-18(23,14-21)13-20-9-1-2-10-20/h4-7,23H,1-3,8-14H2. The molecule has 0 saturated carbocycles. The molecule has 0 aliphatic carbocycles. The van der Waals surface area contributed by atoms with Crippen LogP contribution < -0.4 is 0 Å². The minimum atomic E-state index is -0.752. The highest BCUT2D eigenvalue weighted by Crippen LogP contribution is 2.24. The number of piperidine rings is 1. The Hall–Kier alpha value is -1.10. The first-order chi connectivity index (χ1) is 11.0. The topological polar surface area (TPSA) is 43.8 Å². The molecule has 2 aliphatic heterocycles. The molecule has 1 N–H and O–H groups in total. The SMILES string of the molecule is O=C(Cc1ccc(Cl)cc1)N1CCCC(O)(CN2CCCC2)C1. The zero-order chi connectivity index (χ0) is 16.3. The Labute approximate surface area is 143 Å². The number of nitrogens with zero attached hydrogens (tertiary/aromatic N) is 2. The average Bonchev–Trinajstić information content (AvgIpc) is 3.02. The van der Waals surface area contributed by atoms with E-state index in [0.717, 1.165) is 38.0 Å². The molecule has 0 radical (unpaired) electrons. The van der Waals surface area contributed by atoms with Gasteiger partial charge in [0.2, 0.25) is 5.91 Å². The van der Waals surface area contributed by atoms with E-state index in [9.17, 15) is 9.90 Å². The second-order valence-electron chi connectivity index (χ2n) is 6.93. The van der Waals surface area contributed by atoms with Crippen LogP contribution in [0.15, 0.2) is 24.3 Å². The van der Waals surface area contributed by atoms with Gasteiger partial charge in [0.05, 0.1) is 18.6 Å². The van der Waals surface area contributed by atoms with Gasteiger partial charge in [-0.1, -0.05) is 23.7 Å². The summed E-state index contributed by atoms with van der Waals surface area (Å²) in [6, 6.07) is 7.40. The zero-order valence-corrected chi connectivity index (χ0v) is 14.3. The van der Waals surface area contributed by atoms with E-state index < -0.39 is 5.60 Å². The fraction of sp³-hybridized carbons (Fsp3) is 0.611. The van der Waals surface area contributed by atoms with Crippen LogP contribution in [0.1, 0.15) is 31.2 Å². The summed E-state index contributed by atoms with van der Waals surface area (Å²) in [5, 5.41) is 11.6. The van der Waals surface area contributed by atoms with E-state index in [2.05, 4.69) is 4.90 Å². The minimum Gasteiger partial charge on any atom is -0.387 e. The Balaban J connectivity index is 1.58. The van der Waals surface area contributed by atoms with Gasteiger partial charge in [-0.15, -0.1) is 0 Å². The molecular formula is C18H25ClN2O2. The number of β-amino-alcohol motifs (C(OH)–C–C–N with tert-alkyl or cyclic N) is 1. The lowest BCUT2D eigenvalue weighted by Gasteiger charge is -2.41. The number of amides is 1. The Morgan fingerprint density at radius 3 is 2.52 bits per heavy atom. The van der Waals surface area contributed by atoms with Gasteiger partial charge in [-0.05, 0) is 56.5 Å². The number of rotatable bonds is 4. The first-order valence-corrected chi connectivity index (χ1v) is 8.89. The largest absolute Gasteiger partial charge is 0.387 e. The molecule has 2 heterocycles. The fourth-order valence-electron chi connectivity index (χ4n) is 3.70. The van der Waals surface area contributed by atoms with Crippen LogP contribution in [-0.4, -0.2) is 59.1 Å². The van der Waals surface area contributed by atoms with E-state index in [1.165, 1.54) is 12.8 Å². The van der Waals surface area contributed by atoms with Gasteiger partial charge in [-0.2, -0.15) is 0 Å². The number of hydrogen-bond acceptors (Lipinski definition) is 3. The van der Waals surface area contributed by atoms with Gasteiger partial charge in [0, 0.05) is 18.1 Å². The van der Waals surface area contributed by atoms with Crippen LogP contribution in [0, 0.1) is 0 Å². The first-order valence-electron chi connectivity index (χ1n) is 8.51. The van der Waals surface area contributed by atoms with Gasteiger partial charge in [-0.25, -0.2) is 0 Å². The molecule has 0 bridgehead atoms. The van der Waals surface area contributed by atoms with Crippen molar-refractivity contribution in [2.75, 3.05) is 32.7 Å². The number of benzene rings is 1. The quantitative estimate of drug-likeness (QED) is 0.917. The number of halogens is 1. The van der Waals surface area contributed by atoms with Crippen molar-refractivity contribution in [1.29, 1.82) is 0 Å². The highest BCUT2D eigenvalue weighted by molar-refractivity contribution is 6.30. The van der Waals surface area contributed by atoms with E-state index in [1.54, 1.807) is 0 Å². The van der Waals surface area contributed by atoms with Gasteiger partial charge < -0.3 is 14.9 Å². The lowest BCUT2D eigenvalue weighted by molar-refractivity contribution is -0.138. The number of aliphatic hydroxyl groups is 1. The molecule has 1 amide bonds. The minimum absolute atomic E-state index is 0.0897. The Kier molecular flexibility index (Phi) is 5.24. The molecule has 1 aromatic rings. The molecule has 2 aliphatic rings. The van der Waals surface area contributed by atoms with Crippen LogP contribution in [-0.2, 0) is 11.2 Å². The Bertz CT molecular complexity index is 542. The predicted molar refractivity (Wildman–Crippen MR) is 91.6 cm³/mol. The molecule has 1 unspecified atom stereocenters. The molecule has 1 atom stereocenters. The summed E-state index contributed by atoms with van der Waals surface area (Å²) in [7, 11) is 0. The highest BCUT2D eigenvalue weighted by atomic mass is 35.5. The van der Waals surface area contributed by atoms with Gasteiger partial charge in [-0.3, -0.25) is 4.79 Å². The number of likely N-dealkylation sites (tertiary alicyclic amines) is 2. The van der Waals surface area contributed by atoms with Crippen molar-refractivity contribution in [2.45, 2.75) is 37.7 Å². The van der Waals surface area contributed by atoms with Gasteiger partial charge in [0.25, 0.3) is 0 Å². The summed E-state index contributed by atoms with van der Waals surface area (Å²) >= 11 is 5.88. The fourth-order valence-corrected chi connectivity index (χ4v) is 3.83. The zero-order valence-electron chi connectivity index (χ0n) is 13.5. The lowest BCUT2D eigenvalue weighted by atomic mass is 9.91. The predicted octanol–water partition coefficient (Wildman–Crippen LogP) is 2.33. The molecular weight excluding hydrogens is 312 g/mol. The molecule has 1 aromatic carbocycles. The molecule has 5 heteroatoms. The van der Waals surface area contributed by atoms with Crippen LogP contribution >= 0.6 is 11.6 Å². The van der Waals surface area contributed by atoms with Crippen molar-refractivity contribution in [3.05, 3.63) is 34.9 Å². The molecule has 3 rings (SSSR count). The second kappa shape index (κ2) is 7.20. The maximum atomic E-state index is 12.5. The molecule has 0 spiro atoms. The van der Waals surface area contributed by atoms with Crippen LogP contribution in [0.4, 0.5) is 0 Å². The van der Waals surface area contributed by atoms with E-state index >= 15 is 0 Å².